The van der Waals surface area contributed by atoms with Gasteiger partial charge in [0.2, 0.25) is 0 Å². The molecule has 0 spiro atoms. The molecule has 2 aromatic carbocycles. The van der Waals surface area contributed by atoms with E-state index < -0.39 is 12.6 Å². The number of ether oxygens (including phenoxy) is 1. The van der Waals surface area contributed by atoms with Crippen LogP contribution in [0.2, 0.25) is 0 Å². The Morgan fingerprint density at radius 3 is 2.52 bits per heavy atom. The van der Waals surface area contributed by atoms with Crippen LogP contribution in [0.25, 0.3) is 6.08 Å². The Labute approximate surface area is 166 Å². The van der Waals surface area contributed by atoms with Gasteiger partial charge in [0.25, 0.3) is 5.91 Å². The zero-order chi connectivity index (χ0) is 19.6. The number of aryl methyl sites for hydroxylation is 2. The van der Waals surface area contributed by atoms with Gasteiger partial charge in [-0.2, -0.15) is 0 Å². The van der Waals surface area contributed by atoms with E-state index in [4.69, 9.17) is 22.1 Å². The minimum Gasteiger partial charge on any atom is -0.482 e. The van der Waals surface area contributed by atoms with Crippen molar-refractivity contribution in [2.24, 2.45) is 0 Å². The van der Waals surface area contributed by atoms with Crippen LogP contribution in [-0.2, 0) is 9.59 Å². The van der Waals surface area contributed by atoms with Crippen molar-refractivity contribution in [1.29, 1.82) is 0 Å². The predicted molar refractivity (Wildman–Crippen MR) is 111 cm³/mol. The van der Waals surface area contributed by atoms with Gasteiger partial charge < -0.3 is 9.84 Å². The molecule has 1 fully saturated rings. The van der Waals surface area contributed by atoms with E-state index in [2.05, 4.69) is 0 Å². The average Bonchev–Trinajstić information content (AvgIpc) is 2.90. The number of amides is 1. The fourth-order valence-electron chi connectivity index (χ4n) is 2.51. The molecule has 2 aromatic rings. The number of carboxylic acids is 1. The van der Waals surface area contributed by atoms with Crippen molar-refractivity contribution < 1.29 is 19.4 Å². The fraction of sp³-hybridized carbons (Fsp3) is 0.150. The Balaban J connectivity index is 1.79. The quantitative estimate of drug-likeness (QED) is 0.601. The molecule has 1 saturated heterocycles. The molecule has 7 heteroatoms. The summed E-state index contributed by atoms with van der Waals surface area (Å²) in [6.07, 6.45) is 1.77. The minimum atomic E-state index is -1.03. The van der Waals surface area contributed by atoms with E-state index in [-0.39, 0.29) is 5.91 Å². The Hall–Kier alpha value is -2.64. The van der Waals surface area contributed by atoms with Gasteiger partial charge >= 0.3 is 5.97 Å². The van der Waals surface area contributed by atoms with Crippen molar-refractivity contribution in [2.75, 3.05) is 11.5 Å². The third-order valence-corrected chi connectivity index (χ3v) is 5.38. The molecule has 5 nitrogen and oxygen atoms in total. The van der Waals surface area contributed by atoms with Gasteiger partial charge in [0.1, 0.15) is 5.75 Å². The third kappa shape index (κ3) is 4.37. The van der Waals surface area contributed by atoms with Crippen LogP contribution in [0.15, 0.2) is 47.4 Å². The van der Waals surface area contributed by atoms with Crippen LogP contribution in [0.3, 0.4) is 0 Å². The van der Waals surface area contributed by atoms with Gasteiger partial charge in [-0.25, -0.2) is 4.79 Å². The summed E-state index contributed by atoms with van der Waals surface area (Å²) in [5.41, 5.74) is 3.83. The van der Waals surface area contributed by atoms with Crippen molar-refractivity contribution in [3.8, 4) is 5.75 Å². The Morgan fingerprint density at radius 1 is 1.19 bits per heavy atom. The molecule has 1 N–H and O–H groups in total. The highest BCUT2D eigenvalue weighted by Gasteiger charge is 2.33. The van der Waals surface area contributed by atoms with Gasteiger partial charge in [-0.3, -0.25) is 9.69 Å². The molecular formula is C20H17NO4S2. The fourth-order valence-corrected chi connectivity index (χ4v) is 3.81. The number of benzene rings is 2. The SMILES string of the molecule is Cc1ccc(N2C(=O)/C(=C\c3ccc(OCC(=O)O)cc3)SC2=S)cc1C. The summed E-state index contributed by atoms with van der Waals surface area (Å²) < 4.78 is 5.60. The van der Waals surface area contributed by atoms with Crippen molar-refractivity contribution in [2.45, 2.75) is 13.8 Å². The highest BCUT2D eigenvalue weighted by molar-refractivity contribution is 8.27. The molecule has 0 radical (unpaired) electrons. The average molecular weight is 399 g/mol. The maximum Gasteiger partial charge on any atom is 0.341 e. The van der Waals surface area contributed by atoms with E-state index in [0.717, 1.165) is 22.4 Å². The third-order valence-electron chi connectivity index (χ3n) is 4.08. The second kappa shape index (κ2) is 7.94. The first kappa shape index (κ1) is 19.1. The molecule has 27 heavy (non-hydrogen) atoms. The molecule has 1 heterocycles. The second-order valence-electron chi connectivity index (χ2n) is 6.04. The van der Waals surface area contributed by atoms with E-state index in [1.54, 1.807) is 35.2 Å². The van der Waals surface area contributed by atoms with Gasteiger partial charge in [-0.1, -0.05) is 42.2 Å². The topological polar surface area (TPSA) is 66.8 Å². The zero-order valence-electron chi connectivity index (χ0n) is 14.8. The van der Waals surface area contributed by atoms with E-state index in [9.17, 15) is 9.59 Å². The van der Waals surface area contributed by atoms with Crippen molar-refractivity contribution >= 4 is 51.9 Å². The zero-order valence-corrected chi connectivity index (χ0v) is 16.4. The molecule has 1 aliphatic heterocycles. The summed E-state index contributed by atoms with van der Waals surface area (Å²) >= 11 is 6.66. The molecule has 0 aromatic heterocycles. The number of rotatable bonds is 5. The van der Waals surface area contributed by atoms with Gasteiger partial charge in [-0.15, -0.1) is 0 Å². The molecule has 0 saturated carbocycles. The number of thioether (sulfide) groups is 1. The lowest BCUT2D eigenvalue weighted by molar-refractivity contribution is -0.139. The number of thiocarbonyl (C=S) groups is 1. The van der Waals surface area contributed by atoms with Gasteiger partial charge in [0.15, 0.2) is 10.9 Å². The molecule has 138 valence electrons. The first-order chi connectivity index (χ1) is 12.8. The summed E-state index contributed by atoms with van der Waals surface area (Å²) in [6.45, 7) is 3.63. The van der Waals surface area contributed by atoms with Crippen molar-refractivity contribution in [3.63, 3.8) is 0 Å². The van der Waals surface area contributed by atoms with Crippen LogP contribution in [0.1, 0.15) is 16.7 Å². The smallest absolute Gasteiger partial charge is 0.341 e. The van der Waals surface area contributed by atoms with Gasteiger partial charge in [0, 0.05) is 0 Å². The monoisotopic (exact) mass is 399 g/mol. The van der Waals surface area contributed by atoms with Crippen LogP contribution < -0.4 is 9.64 Å². The van der Waals surface area contributed by atoms with Crippen LogP contribution in [0, 0.1) is 13.8 Å². The number of aliphatic carboxylic acids is 1. The molecule has 1 amide bonds. The maximum absolute atomic E-state index is 12.8. The van der Waals surface area contributed by atoms with Gasteiger partial charge in [-0.05, 0) is 60.9 Å². The lowest BCUT2D eigenvalue weighted by atomic mass is 10.1. The summed E-state index contributed by atoms with van der Waals surface area (Å²) in [6, 6.07) is 12.7. The Kier molecular flexibility index (Phi) is 5.62. The standard InChI is InChI=1S/C20H17NO4S2/c1-12-3-6-15(9-13(12)2)21-19(24)17(27-20(21)26)10-14-4-7-16(8-5-14)25-11-18(22)23/h3-10H,11H2,1-2H3,(H,22,23)/b17-10+. The number of anilines is 1. The highest BCUT2D eigenvalue weighted by Crippen LogP contribution is 2.36. The number of carbonyl (C=O) groups is 2. The summed E-state index contributed by atoms with van der Waals surface area (Å²) in [4.78, 5) is 25.4. The summed E-state index contributed by atoms with van der Waals surface area (Å²) in [5, 5.41) is 8.63. The number of hydrogen-bond donors (Lipinski definition) is 1. The van der Waals surface area contributed by atoms with E-state index >= 15 is 0 Å². The molecular weight excluding hydrogens is 382 g/mol. The van der Waals surface area contributed by atoms with Crippen LogP contribution in [0.5, 0.6) is 5.75 Å². The van der Waals surface area contributed by atoms with Gasteiger partial charge in [0.05, 0.1) is 10.6 Å². The van der Waals surface area contributed by atoms with Crippen LogP contribution in [-0.4, -0.2) is 27.9 Å². The lowest BCUT2D eigenvalue weighted by Crippen LogP contribution is -2.27. The van der Waals surface area contributed by atoms with Crippen LogP contribution in [0.4, 0.5) is 5.69 Å². The van der Waals surface area contributed by atoms with Crippen molar-refractivity contribution in [1.82, 2.24) is 0 Å². The van der Waals surface area contributed by atoms with Crippen LogP contribution >= 0.6 is 24.0 Å². The molecule has 0 unspecified atom stereocenters. The molecule has 1 aliphatic rings. The lowest BCUT2D eigenvalue weighted by Gasteiger charge is -2.15. The summed E-state index contributed by atoms with van der Waals surface area (Å²) in [5.74, 6) is -0.731. The Bertz CT molecular complexity index is 951. The highest BCUT2D eigenvalue weighted by atomic mass is 32.2. The normalized spacial score (nSPS) is 15.5. The predicted octanol–water partition coefficient (Wildman–Crippen LogP) is 4.17. The number of hydrogen-bond acceptors (Lipinski definition) is 5. The molecule has 0 bridgehead atoms. The van der Waals surface area contributed by atoms with Crippen molar-refractivity contribution in [3.05, 3.63) is 64.1 Å². The van der Waals surface area contributed by atoms with E-state index in [1.807, 2.05) is 32.0 Å². The molecule has 0 aliphatic carbocycles. The maximum atomic E-state index is 12.8. The number of carbonyl (C=O) groups excluding carboxylic acids is 1. The minimum absolute atomic E-state index is 0.153. The summed E-state index contributed by atoms with van der Waals surface area (Å²) in [7, 11) is 0. The first-order valence-electron chi connectivity index (χ1n) is 8.15. The molecule has 3 rings (SSSR count). The van der Waals surface area contributed by atoms with E-state index in [1.165, 1.54) is 11.8 Å². The number of carboxylic acid groups (broad SMARTS) is 1. The largest absolute Gasteiger partial charge is 0.482 e. The second-order valence-corrected chi connectivity index (χ2v) is 7.71. The Morgan fingerprint density at radius 2 is 1.89 bits per heavy atom. The van der Waals surface area contributed by atoms with E-state index in [0.29, 0.717) is 15.0 Å². The number of nitrogens with zero attached hydrogens (tertiary/aromatic N) is 1. The molecule has 0 atom stereocenters. The first-order valence-corrected chi connectivity index (χ1v) is 9.37.